The average Bonchev–Trinajstić information content (AvgIpc) is 3.44. The highest BCUT2D eigenvalue weighted by atomic mass is 16.1. The van der Waals surface area contributed by atoms with Crippen molar-refractivity contribution in [3.8, 4) is 0 Å². The van der Waals surface area contributed by atoms with E-state index >= 15 is 0 Å². The summed E-state index contributed by atoms with van der Waals surface area (Å²) >= 11 is 0. The fourth-order valence-electron chi connectivity index (χ4n) is 4.02. The fourth-order valence-corrected chi connectivity index (χ4v) is 4.02. The van der Waals surface area contributed by atoms with Crippen molar-refractivity contribution in [2.45, 2.75) is 57.2 Å². The Kier molecular flexibility index (Phi) is 4.93. The molecule has 2 saturated carbocycles. The Morgan fingerprint density at radius 1 is 1.23 bits per heavy atom. The molecule has 0 bridgehead atoms. The van der Waals surface area contributed by atoms with Crippen LogP contribution in [0, 0.1) is 5.92 Å². The van der Waals surface area contributed by atoms with E-state index in [0.717, 1.165) is 29.4 Å². The van der Waals surface area contributed by atoms with Gasteiger partial charge in [-0.15, -0.1) is 10.2 Å². The summed E-state index contributed by atoms with van der Waals surface area (Å²) in [6.45, 7) is 1.96. The van der Waals surface area contributed by atoms with Crippen LogP contribution in [-0.2, 0) is 0 Å². The van der Waals surface area contributed by atoms with E-state index in [1.165, 1.54) is 19.3 Å². The van der Waals surface area contributed by atoms with Crippen LogP contribution in [0.25, 0.3) is 10.9 Å². The number of nitrogens with one attached hydrogen (secondary N) is 2. The van der Waals surface area contributed by atoms with Gasteiger partial charge in [-0.3, -0.25) is 9.48 Å². The molecule has 1 aromatic carbocycles. The van der Waals surface area contributed by atoms with Crippen molar-refractivity contribution in [2.24, 2.45) is 17.4 Å². The molecule has 2 atom stereocenters. The molecule has 5 rings (SSSR count). The van der Waals surface area contributed by atoms with E-state index in [4.69, 9.17) is 11.5 Å². The number of carbonyl (C=O) groups is 1. The molecule has 0 saturated heterocycles. The third kappa shape index (κ3) is 4.02. The smallest absolute Gasteiger partial charge is 0.273 e. The molecule has 10 heteroatoms. The number of carbonyl (C=O) groups excluding carboxylic acids is 1. The van der Waals surface area contributed by atoms with Gasteiger partial charge < -0.3 is 22.1 Å². The van der Waals surface area contributed by atoms with Gasteiger partial charge in [0.1, 0.15) is 0 Å². The van der Waals surface area contributed by atoms with Gasteiger partial charge in [0.25, 0.3) is 5.91 Å². The highest BCUT2D eigenvalue weighted by Crippen LogP contribution is 2.35. The van der Waals surface area contributed by atoms with Crippen LogP contribution in [0.5, 0.6) is 0 Å². The maximum atomic E-state index is 11.9. The topological polar surface area (TPSA) is 150 Å². The van der Waals surface area contributed by atoms with Crippen molar-refractivity contribution in [3.05, 3.63) is 30.1 Å². The first-order valence-corrected chi connectivity index (χ1v) is 10.8. The minimum Gasteiger partial charge on any atom is -0.364 e. The summed E-state index contributed by atoms with van der Waals surface area (Å²) < 4.78 is 2.05. The third-order valence-electron chi connectivity index (χ3n) is 6.15. The molecule has 0 unspecified atom stereocenters. The van der Waals surface area contributed by atoms with E-state index in [9.17, 15) is 4.79 Å². The largest absolute Gasteiger partial charge is 0.364 e. The molecule has 31 heavy (non-hydrogen) atoms. The van der Waals surface area contributed by atoms with Crippen LogP contribution >= 0.6 is 0 Å². The summed E-state index contributed by atoms with van der Waals surface area (Å²) in [7, 11) is 0. The van der Waals surface area contributed by atoms with E-state index in [1.807, 2.05) is 29.8 Å². The zero-order chi connectivity index (χ0) is 21.5. The number of rotatable bonds is 8. The van der Waals surface area contributed by atoms with Crippen molar-refractivity contribution in [1.82, 2.24) is 25.0 Å². The molecule has 2 aromatic heterocycles. The minimum atomic E-state index is -0.695. The first-order valence-electron chi connectivity index (χ1n) is 10.8. The molecule has 162 valence electrons. The Morgan fingerprint density at radius 2 is 2.03 bits per heavy atom. The molecular weight excluding hydrogens is 394 g/mol. The zero-order valence-electron chi connectivity index (χ0n) is 17.5. The molecule has 2 fully saturated rings. The molecule has 0 aliphatic heterocycles. The van der Waals surface area contributed by atoms with Gasteiger partial charge in [0.15, 0.2) is 11.5 Å². The Bertz CT molecular complexity index is 1120. The van der Waals surface area contributed by atoms with Crippen LogP contribution < -0.4 is 22.1 Å². The summed E-state index contributed by atoms with van der Waals surface area (Å²) in [6.07, 6.45) is 7.93. The molecule has 10 nitrogen and oxygen atoms in total. The molecule has 3 aromatic rings. The first kappa shape index (κ1) is 19.7. The van der Waals surface area contributed by atoms with Crippen LogP contribution in [-0.4, -0.2) is 43.0 Å². The number of amides is 1. The number of nitrogens with two attached hydrogens (primary N) is 2. The van der Waals surface area contributed by atoms with Gasteiger partial charge in [0, 0.05) is 29.4 Å². The van der Waals surface area contributed by atoms with Gasteiger partial charge in [-0.25, -0.2) is 0 Å². The van der Waals surface area contributed by atoms with Crippen molar-refractivity contribution in [3.63, 3.8) is 0 Å². The SMILES string of the molecule is C[C@H](N)[C@H](Nc1nnc(C(N)=O)c(Nc2ccc3nn(C4CCC4)cc3c2)n1)C1CC1. The van der Waals surface area contributed by atoms with E-state index in [0.29, 0.717) is 17.9 Å². The predicted molar refractivity (Wildman–Crippen MR) is 118 cm³/mol. The Morgan fingerprint density at radius 3 is 2.68 bits per heavy atom. The summed E-state index contributed by atoms with van der Waals surface area (Å²) in [5.74, 6) is 0.389. The van der Waals surface area contributed by atoms with Crippen LogP contribution in [0.4, 0.5) is 17.5 Å². The van der Waals surface area contributed by atoms with Crippen LogP contribution in [0.3, 0.4) is 0 Å². The van der Waals surface area contributed by atoms with Crippen molar-refractivity contribution >= 4 is 34.3 Å². The first-order chi connectivity index (χ1) is 15.0. The number of nitrogens with zero attached hydrogens (tertiary/aromatic N) is 5. The highest BCUT2D eigenvalue weighted by Gasteiger charge is 2.34. The van der Waals surface area contributed by atoms with E-state index in [1.54, 1.807) is 0 Å². The van der Waals surface area contributed by atoms with Gasteiger partial charge in [-0.05, 0) is 63.1 Å². The van der Waals surface area contributed by atoms with Crippen molar-refractivity contribution < 1.29 is 4.79 Å². The number of benzene rings is 1. The number of fused-ring (bicyclic) bond motifs is 1. The number of aromatic nitrogens is 5. The fraction of sp³-hybridized carbons (Fsp3) is 0.476. The lowest BCUT2D eigenvalue weighted by molar-refractivity contribution is 0.0995. The summed E-state index contributed by atoms with van der Waals surface area (Å²) in [6, 6.07) is 6.32. The molecule has 2 heterocycles. The Labute approximate surface area is 179 Å². The van der Waals surface area contributed by atoms with Gasteiger partial charge in [0.05, 0.1) is 11.6 Å². The Balaban J connectivity index is 1.41. The normalized spacial score (nSPS) is 18.4. The molecule has 0 radical (unpaired) electrons. The van der Waals surface area contributed by atoms with Crippen molar-refractivity contribution in [1.29, 1.82) is 0 Å². The average molecular weight is 422 g/mol. The maximum absolute atomic E-state index is 11.9. The molecule has 1 amide bonds. The molecule has 2 aliphatic carbocycles. The molecule has 2 aliphatic rings. The van der Waals surface area contributed by atoms with Crippen molar-refractivity contribution in [2.75, 3.05) is 10.6 Å². The van der Waals surface area contributed by atoms with Crippen LogP contribution in [0.1, 0.15) is 55.6 Å². The lowest BCUT2D eigenvalue weighted by atomic mass is 9.93. The standard InChI is InChI=1S/C21H27N9O/c1-11(22)17(12-5-6-12)25-21-26-20(18(19(23)31)27-28-21)24-14-7-8-16-13(9-14)10-30(29-16)15-3-2-4-15/h7-12,15,17H,2-6,22H2,1H3,(H2,23,31)(H2,24,25,26,28)/t11-,17-/m0/s1. The quantitative estimate of drug-likeness (QED) is 0.433. The highest BCUT2D eigenvalue weighted by molar-refractivity contribution is 5.96. The summed E-state index contributed by atoms with van der Waals surface area (Å²) in [5, 5.41) is 20.2. The zero-order valence-corrected chi connectivity index (χ0v) is 17.5. The van der Waals surface area contributed by atoms with E-state index in [-0.39, 0.29) is 23.6 Å². The second-order valence-corrected chi connectivity index (χ2v) is 8.66. The Hall–Kier alpha value is -3.27. The summed E-state index contributed by atoms with van der Waals surface area (Å²) in [5.41, 5.74) is 13.3. The molecule has 6 N–H and O–H groups in total. The van der Waals surface area contributed by atoms with E-state index < -0.39 is 5.91 Å². The van der Waals surface area contributed by atoms with Crippen LogP contribution in [0.2, 0.25) is 0 Å². The number of primary amides is 1. The lowest BCUT2D eigenvalue weighted by Crippen LogP contribution is -2.40. The number of hydrogen-bond donors (Lipinski definition) is 4. The van der Waals surface area contributed by atoms with Gasteiger partial charge in [-0.2, -0.15) is 10.1 Å². The van der Waals surface area contributed by atoms with Gasteiger partial charge >= 0.3 is 0 Å². The van der Waals surface area contributed by atoms with Gasteiger partial charge in [-0.1, -0.05) is 0 Å². The maximum Gasteiger partial charge on any atom is 0.273 e. The molecule has 0 spiro atoms. The second kappa shape index (κ2) is 7.77. The number of anilines is 3. The number of hydrogen-bond acceptors (Lipinski definition) is 8. The second-order valence-electron chi connectivity index (χ2n) is 8.66. The monoisotopic (exact) mass is 421 g/mol. The van der Waals surface area contributed by atoms with Crippen LogP contribution in [0.15, 0.2) is 24.4 Å². The third-order valence-corrected chi connectivity index (χ3v) is 6.15. The lowest BCUT2D eigenvalue weighted by Gasteiger charge is -2.25. The predicted octanol–water partition coefficient (Wildman–Crippen LogP) is 2.33. The van der Waals surface area contributed by atoms with E-state index in [2.05, 4.69) is 37.1 Å². The minimum absolute atomic E-state index is 0.0143. The molecular formula is C21H27N9O. The summed E-state index contributed by atoms with van der Waals surface area (Å²) in [4.78, 5) is 16.4. The van der Waals surface area contributed by atoms with Gasteiger partial charge in [0.2, 0.25) is 5.95 Å².